The predicted octanol–water partition coefficient (Wildman–Crippen LogP) is -0.295. The first-order chi connectivity index (χ1) is 23.2. The number of carbonyl (C=O) groups excluding carboxylic acids is 2. The zero-order valence-electron chi connectivity index (χ0n) is 28.0. The Kier molecular flexibility index (Phi) is 11.1. The number of aliphatic carboxylic acids is 1. The molecule has 2 aromatic rings. The largest absolute Gasteiger partial charge is 0.507 e. The SMILES string of the molecule is CC(=O)N[C@H]1[C@H]([C@H](O)[C@H](O)CNC(=O)c2cc(C)c(O)c(C)c2)O[C@@](CCN2CCOC[C@@]23CCN(c2ccccn2)C3)(C(=O)O)C[C@@H]1O. The highest BCUT2D eigenvalue weighted by atomic mass is 16.6. The Balaban J connectivity index is 1.31. The maximum absolute atomic E-state index is 13.0. The molecule has 15 heteroatoms. The molecule has 0 bridgehead atoms. The summed E-state index contributed by atoms with van der Waals surface area (Å²) in [6, 6.07) is 7.43. The number of carboxylic acid groups (broad SMARTS) is 1. The van der Waals surface area contributed by atoms with Crippen LogP contribution in [0.3, 0.4) is 0 Å². The summed E-state index contributed by atoms with van der Waals surface area (Å²) in [5, 5.41) is 59.3. The molecule has 3 aliphatic heterocycles. The molecule has 1 aromatic carbocycles. The first-order valence-corrected chi connectivity index (χ1v) is 16.5. The van der Waals surface area contributed by atoms with Crippen molar-refractivity contribution in [2.45, 2.75) is 81.6 Å². The topological polar surface area (TPSA) is 214 Å². The fourth-order valence-corrected chi connectivity index (χ4v) is 7.29. The summed E-state index contributed by atoms with van der Waals surface area (Å²) in [7, 11) is 0. The smallest absolute Gasteiger partial charge is 0.336 e. The minimum Gasteiger partial charge on any atom is -0.507 e. The normalized spacial score (nSPS) is 28.6. The van der Waals surface area contributed by atoms with Crippen molar-refractivity contribution in [3.8, 4) is 5.75 Å². The van der Waals surface area contributed by atoms with Crippen molar-refractivity contribution in [1.29, 1.82) is 0 Å². The summed E-state index contributed by atoms with van der Waals surface area (Å²) in [5.74, 6) is -1.58. The highest BCUT2D eigenvalue weighted by Crippen LogP contribution is 2.38. The first kappa shape index (κ1) is 36.4. The van der Waals surface area contributed by atoms with E-state index in [0.717, 1.165) is 18.8 Å². The van der Waals surface area contributed by atoms with Crippen molar-refractivity contribution in [2.75, 3.05) is 50.8 Å². The highest BCUT2D eigenvalue weighted by Gasteiger charge is 2.55. The van der Waals surface area contributed by atoms with Gasteiger partial charge in [-0.05, 0) is 55.7 Å². The minimum absolute atomic E-state index is 0.0597. The lowest BCUT2D eigenvalue weighted by molar-refractivity contribution is -0.231. The van der Waals surface area contributed by atoms with Gasteiger partial charge in [0.2, 0.25) is 5.91 Å². The van der Waals surface area contributed by atoms with E-state index >= 15 is 0 Å². The number of carboxylic acids is 1. The molecule has 1 spiro atoms. The summed E-state index contributed by atoms with van der Waals surface area (Å²) in [4.78, 5) is 46.8. The molecule has 0 unspecified atom stereocenters. The van der Waals surface area contributed by atoms with Crippen LogP contribution in [0.15, 0.2) is 36.5 Å². The van der Waals surface area contributed by atoms with Gasteiger partial charge in [-0.2, -0.15) is 0 Å². The van der Waals surface area contributed by atoms with E-state index in [-0.39, 0.29) is 30.7 Å². The van der Waals surface area contributed by atoms with Crippen molar-refractivity contribution in [2.24, 2.45) is 0 Å². The van der Waals surface area contributed by atoms with E-state index < -0.39 is 65.9 Å². The number of hydrogen-bond acceptors (Lipinski definition) is 12. The van der Waals surface area contributed by atoms with Gasteiger partial charge in [-0.25, -0.2) is 9.78 Å². The number of hydrogen-bond donors (Lipinski definition) is 7. The molecule has 5 rings (SSSR count). The van der Waals surface area contributed by atoms with Crippen molar-refractivity contribution in [3.05, 3.63) is 53.2 Å². The number of carbonyl (C=O) groups is 3. The number of amides is 2. The van der Waals surface area contributed by atoms with Crippen LogP contribution in [0, 0.1) is 13.8 Å². The van der Waals surface area contributed by atoms with Crippen LogP contribution in [0.4, 0.5) is 5.82 Å². The number of aryl methyl sites for hydroxylation is 2. The number of pyridine rings is 1. The third-order valence-corrected chi connectivity index (χ3v) is 10.0. The van der Waals surface area contributed by atoms with Crippen LogP contribution in [0.2, 0.25) is 0 Å². The van der Waals surface area contributed by atoms with Crippen molar-refractivity contribution in [1.82, 2.24) is 20.5 Å². The molecule has 49 heavy (non-hydrogen) atoms. The summed E-state index contributed by atoms with van der Waals surface area (Å²) >= 11 is 0. The second-order valence-corrected chi connectivity index (χ2v) is 13.5. The molecule has 0 saturated carbocycles. The Bertz CT molecular complexity index is 1490. The third-order valence-electron chi connectivity index (χ3n) is 10.0. The predicted molar refractivity (Wildman–Crippen MR) is 176 cm³/mol. The van der Waals surface area contributed by atoms with Gasteiger partial charge in [0.1, 0.15) is 23.8 Å². The molecule has 3 aliphatic rings. The molecule has 268 valence electrons. The Morgan fingerprint density at radius 1 is 1.14 bits per heavy atom. The van der Waals surface area contributed by atoms with Crippen molar-refractivity contribution < 1.29 is 49.4 Å². The zero-order valence-corrected chi connectivity index (χ0v) is 28.0. The van der Waals surface area contributed by atoms with Gasteiger partial charge in [0.05, 0.1) is 37.0 Å². The number of nitrogens with one attached hydrogen (secondary N) is 2. The van der Waals surface area contributed by atoms with Crippen LogP contribution in [0.1, 0.15) is 47.7 Å². The van der Waals surface area contributed by atoms with Crippen LogP contribution < -0.4 is 15.5 Å². The Hall–Kier alpha value is -3.86. The molecular formula is C34H47N5O10. The highest BCUT2D eigenvalue weighted by molar-refractivity contribution is 5.94. The van der Waals surface area contributed by atoms with Gasteiger partial charge in [-0.15, -0.1) is 0 Å². The molecule has 7 atom stereocenters. The number of aliphatic hydroxyl groups is 3. The van der Waals surface area contributed by atoms with E-state index in [2.05, 4.69) is 25.4 Å². The molecule has 4 heterocycles. The third kappa shape index (κ3) is 7.82. The van der Waals surface area contributed by atoms with Gasteiger partial charge in [0.25, 0.3) is 5.91 Å². The minimum atomic E-state index is -1.97. The van der Waals surface area contributed by atoms with Crippen molar-refractivity contribution in [3.63, 3.8) is 0 Å². The van der Waals surface area contributed by atoms with E-state index in [4.69, 9.17) is 9.47 Å². The molecular weight excluding hydrogens is 638 g/mol. The van der Waals surface area contributed by atoms with Gasteiger partial charge in [-0.1, -0.05) is 6.07 Å². The second kappa shape index (κ2) is 14.9. The lowest BCUT2D eigenvalue weighted by Gasteiger charge is -2.49. The van der Waals surface area contributed by atoms with Crippen LogP contribution in [0.25, 0.3) is 0 Å². The average Bonchev–Trinajstić information content (AvgIpc) is 3.50. The van der Waals surface area contributed by atoms with E-state index in [1.54, 1.807) is 20.0 Å². The first-order valence-electron chi connectivity index (χ1n) is 16.5. The average molecular weight is 686 g/mol. The monoisotopic (exact) mass is 685 g/mol. The van der Waals surface area contributed by atoms with E-state index in [1.165, 1.54) is 19.1 Å². The molecule has 0 radical (unpaired) electrons. The Morgan fingerprint density at radius 3 is 2.53 bits per heavy atom. The van der Waals surface area contributed by atoms with Gasteiger partial charge >= 0.3 is 5.97 Å². The summed E-state index contributed by atoms with van der Waals surface area (Å²) in [6.07, 6.45) is -4.40. The van der Waals surface area contributed by atoms with Gasteiger partial charge in [-0.3, -0.25) is 14.5 Å². The maximum atomic E-state index is 13.0. The molecule has 3 saturated heterocycles. The van der Waals surface area contributed by atoms with Gasteiger partial charge < -0.3 is 50.5 Å². The number of aromatic hydroxyl groups is 1. The number of nitrogens with zero attached hydrogens (tertiary/aromatic N) is 3. The van der Waals surface area contributed by atoms with Crippen LogP contribution in [0.5, 0.6) is 5.75 Å². The quantitative estimate of drug-likeness (QED) is 0.162. The van der Waals surface area contributed by atoms with E-state index in [1.807, 2.05) is 18.2 Å². The van der Waals surface area contributed by atoms with Crippen molar-refractivity contribution >= 4 is 23.6 Å². The maximum Gasteiger partial charge on any atom is 0.336 e. The van der Waals surface area contributed by atoms with Crippen LogP contribution in [-0.4, -0.2) is 141 Å². The molecule has 2 amide bonds. The number of aromatic nitrogens is 1. The number of anilines is 1. The standard InChI is InChI=1S/C34H47N5O10/c1-20-14-23(15-21(2)28(20)43)31(45)36-17-25(42)29(44)30-27(37-22(3)40)24(41)16-34(49-30,32(46)47)8-11-39-12-13-48-19-33(39)7-10-38(18-33)26-6-4-5-9-35-26/h4-6,9,14-15,24-25,27,29-30,41-44H,7-8,10-13,16-19H2,1-3H3,(H,36,45)(H,37,40)(H,46,47)/t24-,25+,27+,29+,30+,33-,34+/m0/s1. The molecule has 7 N–H and O–H groups in total. The zero-order chi connectivity index (χ0) is 35.5. The number of benzene rings is 1. The lowest BCUT2D eigenvalue weighted by Crippen LogP contribution is -2.68. The molecule has 1 aromatic heterocycles. The number of ether oxygens (including phenoxy) is 2. The Morgan fingerprint density at radius 2 is 1.88 bits per heavy atom. The molecule has 0 aliphatic carbocycles. The van der Waals surface area contributed by atoms with Gasteiger partial charge in [0.15, 0.2) is 5.60 Å². The van der Waals surface area contributed by atoms with Gasteiger partial charge in [0, 0.05) is 64.2 Å². The summed E-state index contributed by atoms with van der Waals surface area (Å²) in [5.41, 5.74) is -1.17. The fraction of sp³-hybridized carbons (Fsp3) is 0.588. The van der Waals surface area contributed by atoms with Crippen LogP contribution >= 0.6 is 0 Å². The van der Waals surface area contributed by atoms with E-state index in [9.17, 15) is 39.9 Å². The number of phenols is 1. The fourth-order valence-electron chi connectivity index (χ4n) is 7.29. The second-order valence-electron chi connectivity index (χ2n) is 13.5. The van der Waals surface area contributed by atoms with Crippen LogP contribution in [-0.2, 0) is 19.1 Å². The number of phenolic OH excluding ortho intramolecular Hbond substituents is 1. The Labute approximate surface area is 284 Å². The molecule has 15 nitrogen and oxygen atoms in total. The lowest BCUT2D eigenvalue weighted by atomic mass is 9.81. The number of morpholine rings is 1. The molecule has 3 fully saturated rings. The number of aliphatic hydroxyl groups excluding tert-OH is 3. The number of rotatable bonds is 11. The van der Waals surface area contributed by atoms with E-state index in [0.29, 0.717) is 37.4 Å². The summed E-state index contributed by atoms with van der Waals surface area (Å²) < 4.78 is 12.1. The summed E-state index contributed by atoms with van der Waals surface area (Å²) in [6.45, 7) is 7.14.